The monoisotopic (exact) mass is 224 g/mol. The molecule has 0 aromatic heterocycles. The molecule has 2 unspecified atom stereocenters. The number of rotatable bonds is 9. The molecule has 0 saturated carbocycles. The smallest absolute Gasteiger partial charge is 0.0259 e. The van der Waals surface area contributed by atoms with Crippen molar-refractivity contribution < 1.29 is 0 Å². The van der Waals surface area contributed by atoms with Crippen LogP contribution in [-0.4, -0.2) is 0 Å². The molecule has 0 aliphatic heterocycles. The van der Waals surface area contributed by atoms with E-state index in [1.165, 1.54) is 38.5 Å². The fourth-order valence-electron chi connectivity index (χ4n) is 2.14. The van der Waals surface area contributed by atoms with Crippen LogP contribution in [0.15, 0.2) is 12.2 Å². The van der Waals surface area contributed by atoms with Crippen molar-refractivity contribution >= 4 is 0 Å². The Balaban J connectivity index is 3.59. The molecule has 0 amide bonds. The predicted molar refractivity (Wildman–Crippen MR) is 75.7 cm³/mol. The van der Waals surface area contributed by atoms with Gasteiger partial charge in [-0.05, 0) is 37.0 Å². The third-order valence-electron chi connectivity index (χ3n) is 3.20. The lowest BCUT2D eigenvalue weighted by molar-refractivity contribution is 0.424. The highest BCUT2D eigenvalue weighted by Crippen LogP contribution is 2.18. The summed E-state index contributed by atoms with van der Waals surface area (Å²) in [7, 11) is 0. The molecule has 0 rings (SSSR count). The summed E-state index contributed by atoms with van der Waals surface area (Å²) in [6.07, 6.45) is 12.9. The Labute approximate surface area is 104 Å². The van der Waals surface area contributed by atoms with E-state index in [9.17, 15) is 0 Å². The maximum absolute atomic E-state index is 2.42. The summed E-state index contributed by atoms with van der Waals surface area (Å²) in [5.74, 6) is 2.49. The zero-order chi connectivity index (χ0) is 12.4. The van der Waals surface area contributed by atoms with Crippen LogP contribution in [-0.2, 0) is 0 Å². The van der Waals surface area contributed by atoms with Crippen LogP contribution in [0.1, 0.15) is 73.1 Å². The summed E-state index contributed by atoms with van der Waals surface area (Å²) in [6, 6.07) is 0. The topological polar surface area (TPSA) is 0 Å². The van der Waals surface area contributed by atoms with E-state index in [4.69, 9.17) is 0 Å². The molecular formula is C16H32. The highest BCUT2D eigenvalue weighted by Gasteiger charge is 2.05. The molecule has 0 heteroatoms. The van der Waals surface area contributed by atoms with Gasteiger partial charge >= 0.3 is 0 Å². The fourth-order valence-corrected chi connectivity index (χ4v) is 2.14. The number of unbranched alkanes of at least 4 members (excludes halogenated alkanes) is 1. The zero-order valence-electron chi connectivity index (χ0n) is 12.1. The Bertz CT molecular complexity index is 167. The molecule has 0 aromatic carbocycles. The molecule has 0 fully saturated rings. The molecule has 0 nitrogen and oxygen atoms in total. The standard InChI is InChI=1S/C16H32/c1-6-7-11-15(4)13-16(5)12-9-8-10-14(2)3/h9,12,14-16H,6-8,10-11,13H2,1-5H3. The minimum atomic E-state index is 0.763. The first-order valence-corrected chi connectivity index (χ1v) is 7.22. The van der Waals surface area contributed by atoms with Crippen LogP contribution in [0.4, 0.5) is 0 Å². The summed E-state index contributed by atoms with van der Waals surface area (Å²) in [4.78, 5) is 0. The van der Waals surface area contributed by atoms with Crippen molar-refractivity contribution in [2.24, 2.45) is 17.8 Å². The molecule has 0 aliphatic carbocycles. The average molecular weight is 224 g/mol. The van der Waals surface area contributed by atoms with Crippen molar-refractivity contribution in [1.82, 2.24) is 0 Å². The minimum absolute atomic E-state index is 0.763. The molecule has 0 heterocycles. The quantitative estimate of drug-likeness (QED) is 0.432. The van der Waals surface area contributed by atoms with E-state index in [0.717, 1.165) is 17.8 Å². The van der Waals surface area contributed by atoms with Gasteiger partial charge in [0.05, 0.1) is 0 Å². The van der Waals surface area contributed by atoms with Gasteiger partial charge in [-0.15, -0.1) is 0 Å². The molecular weight excluding hydrogens is 192 g/mol. The summed E-state index contributed by atoms with van der Waals surface area (Å²) in [5, 5.41) is 0. The van der Waals surface area contributed by atoms with E-state index in [2.05, 4.69) is 46.8 Å². The van der Waals surface area contributed by atoms with Gasteiger partial charge in [-0.1, -0.05) is 66.0 Å². The first-order chi connectivity index (χ1) is 7.56. The fraction of sp³-hybridized carbons (Fsp3) is 0.875. The Hall–Kier alpha value is -0.260. The Morgan fingerprint density at radius 2 is 1.69 bits per heavy atom. The van der Waals surface area contributed by atoms with E-state index in [-0.39, 0.29) is 0 Å². The van der Waals surface area contributed by atoms with Crippen LogP contribution in [0.2, 0.25) is 0 Å². The van der Waals surface area contributed by atoms with E-state index in [1.807, 2.05) is 0 Å². The van der Waals surface area contributed by atoms with Crippen molar-refractivity contribution in [1.29, 1.82) is 0 Å². The second-order valence-corrected chi connectivity index (χ2v) is 5.86. The van der Waals surface area contributed by atoms with Crippen LogP contribution in [0.3, 0.4) is 0 Å². The molecule has 0 aromatic rings. The highest BCUT2D eigenvalue weighted by atomic mass is 14.1. The molecule has 96 valence electrons. The van der Waals surface area contributed by atoms with Gasteiger partial charge in [0.25, 0.3) is 0 Å². The van der Waals surface area contributed by atoms with E-state index in [0.29, 0.717) is 0 Å². The van der Waals surface area contributed by atoms with Gasteiger partial charge in [-0.25, -0.2) is 0 Å². The molecule has 0 spiro atoms. The number of hydrogen-bond acceptors (Lipinski definition) is 0. The largest absolute Gasteiger partial charge is 0.0883 e. The molecule has 2 atom stereocenters. The van der Waals surface area contributed by atoms with E-state index in [1.54, 1.807) is 0 Å². The first kappa shape index (κ1) is 15.7. The minimum Gasteiger partial charge on any atom is -0.0883 e. The summed E-state index contributed by atoms with van der Waals surface area (Å²) in [6.45, 7) is 11.6. The lowest BCUT2D eigenvalue weighted by atomic mass is 9.92. The summed E-state index contributed by atoms with van der Waals surface area (Å²) < 4.78 is 0. The number of hydrogen-bond donors (Lipinski definition) is 0. The van der Waals surface area contributed by atoms with Gasteiger partial charge in [0.2, 0.25) is 0 Å². The van der Waals surface area contributed by atoms with Crippen LogP contribution in [0.5, 0.6) is 0 Å². The first-order valence-electron chi connectivity index (χ1n) is 7.22. The molecule has 0 bridgehead atoms. The summed E-state index contributed by atoms with van der Waals surface area (Å²) >= 11 is 0. The predicted octanol–water partition coefficient (Wildman–Crippen LogP) is 5.83. The maximum atomic E-state index is 2.42. The lowest BCUT2D eigenvalue weighted by Crippen LogP contribution is -2.01. The second kappa shape index (κ2) is 9.93. The summed E-state index contributed by atoms with van der Waals surface area (Å²) in [5.41, 5.74) is 0. The van der Waals surface area contributed by atoms with E-state index >= 15 is 0 Å². The molecule has 0 aliphatic rings. The SMILES string of the molecule is CCCCC(C)CC(C)C=CCCC(C)C. The average Bonchev–Trinajstić information content (AvgIpc) is 2.21. The number of allylic oxidation sites excluding steroid dienone is 2. The van der Waals surface area contributed by atoms with Crippen LogP contribution in [0, 0.1) is 17.8 Å². The van der Waals surface area contributed by atoms with Gasteiger partial charge in [-0.2, -0.15) is 0 Å². The van der Waals surface area contributed by atoms with Crippen molar-refractivity contribution in [3.63, 3.8) is 0 Å². The van der Waals surface area contributed by atoms with Gasteiger partial charge in [0.15, 0.2) is 0 Å². The molecule has 0 N–H and O–H groups in total. The molecule has 16 heavy (non-hydrogen) atoms. The van der Waals surface area contributed by atoms with E-state index < -0.39 is 0 Å². The zero-order valence-corrected chi connectivity index (χ0v) is 12.1. The maximum Gasteiger partial charge on any atom is -0.0259 e. The van der Waals surface area contributed by atoms with Crippen LogP contribution >= 0.6 is 0 Å². The second-order valence-electron chi connectivity index (χ2n) is 5.86. The molecule has 0 radical (unpaired) electrons. The van der Waals surface area contributed by atoms with Crippen molar-refractivity contribution in [3.05, 3.63) is 12.2 Å². The Kier molecular flexibility index (Phi) is 9.77. The van der Waals surface area contributed by atoms with Crippen molar-refractivity contribution in [2.75, 3.05) is 0 Å². The highest BCUT2D eigenvalue weighted by molar-refractivity contribution is 4.87. The van der Waals surface area contributed by atoms with Gasteiger partial charge in [0.1, 0.15) is 0 Å². The Morgan fingerprint density at radius 3 is 2.25 bits per heavy atom. The third-order valence-corrected chi connectivity index (χ3v) is 3.20. The molecule has 0 saturated heterocycles. The third kappa shape index (κ3) is 10.3. The lowest BCUT2D eigenvalue weighted by Gasteiger charge is -2.14. The van der Waals surface area contributed by atoms with Gasteiger partial charge < -0.3 is 0 Å². The normalized spacial score (nSPS) is 15.9. The van der Waals surface area contributed by atoms with Crippen molar-refractivity contribution in [3.8, 4) is 0 Å². The van der Waals surface area contributed by atoms with Gasteiger partial charge in [0, 0.05) is 0 Å². The van der Waals surface area contributed by atoms with Crippen LogP contribution < -0.4 is 0 Å². The van der Waals surface area contributed by atoms with Crippen molar-refractivity contribution in [2.45, 2.75) is 73.1 Å². The van der Waals surface area contributed by atoms with Gasteiger partial charge in [-0.3, -0.25) is 0 Å². The Morgan fingerprint density at radius 1 is 1.00 bits per heavy atom. The van der Waals surface area contributed by atoms with Crippen LogP contribution in [0.25, 0.3) is 0 Å².